The van der Waals surface area contributed by atoms with E-state index in [-0.39, 0.29) is 25.0 Å². The first-order valence-electron chi connectivity index (χ1n) is 7.61. The maximum atomic E-state index is 12.2. The average molecular weight is 360 g/mol. The molecule has 1 aliphatic rings. The Morgan fingerprint density at radius 2 is 1.88 bits per heavy atom. The highest BCUT2D eigenvalue weighted by molar-refractivity contribution is 8.00. The zero-order valence-electron chi connectivity index (χ0n) is 13.7. The van der Waals surface area contributed by atoms with Crippen molar-refractivity contribution in [3.8, 4) is 0 Å². The number of hydrogen-bond donors (Lipinski definition) is 0. The third-order valence-corrected chi connectivity index (χ3v) is 4.85. The van der Waals surface area contributed by atoms with E-state index in [1.165, 1.54) is 11.8 Å². The summed E-state index contributed by atoms with van der Waals surface area (Å²) in [5, 5.41) is 7.76. The summed E-state index contributed by atoms with van der Waals surface area (Å²) in [6.45, 7) is 1.68. The van der Waals surface area contributed by atoms with Crippen molar-refractivity contribution in [1.82, 2.24) is 19.7 Å². The minimum absolute atomic E-state index is 0.0272. The minimum Gasteiger partial charge on any atom is -0.463 e. The lowest BCUT2D eigenvalue weighted by molar-refractivity contribution is -0.142. The third-order valence-electron chi connectivity index (χ3n) is 3.72. The van der Waals surface area contributed by atoms with Crippen molar-refractivity contribution in [3.05, 3.63) is 41.7 Å². The summed E-state index contributed by atoms with van der Waals surface area (Å²) < 4.78 is 6.89. The van der Waals surface area contributed by atoms with Crippen LogP contribution in [0.1, 0.15) is 27.6 Å². The second-order valence-electron chi connectivity index (χ2n) is 5.46. The molecule has 2 aromatic rings. The van der Waals surface area contributed by atoms with Crippen molar-refractivity contribution in [2.75, 3.05) is 13.2 Å². The molecule has 1 atom stereocenters. The summed E-state index contributed by atoms with van der Waals surface area (Å²) >= 11 is 1.23. The van der Waals surface area contributed by atoms with Crippen LogP contribution in [-0.4, -0.2) is 55.8 Å². The highest BCUT2D eigenvalue weighted by atomic mass is 32.2. The number of rotatable bonds is 6. The number of aryl methyl sites for hydroxylation is 1. The number of carbonyl (C=O) groups is 3. The van der Waals surface area contributed by atoms with E-state index < -0.39 is 11.2 Å². The quantitative estimate of drug-likeness (QED) is 0.433. The van der Waals surface area contributed by atoms with E-state index in [1.807, 2.05) is 0 Å². The first-order chi connectivity index (χ1) is 12.0. The lowest BCUT2D eigenvalue weighted by Crippen LogP contribution is -2.34. The molecule has 130 valence electrons. The van der Waals surface area contributed by atoms with Gasteiger partial charge in [0.15, 0.2) is 5.16 Å². The maximum absolute atomic E-state index is 12.2. The van der Waals surface area contributed by atoms with E-state index in [9.17, 15) is 14.4 Å². The highest BCUT2D eigenvalue weighted by Crippen LogP contribution is 2.23. The molecule has 1 aromatic heterocycles. The van der Waals surface area contributed by atoms with Gasteiger partial charge in [0.1, 0.15) is 18.2 Å². The van der Waals surface area contributed by atoms with Crippen molar-refractivity contribution < 1.29 is 19.1 Å². The Labute approximate surface area is 148 Å². The summed E-state index contributed by atoms with van der Waals surface area (Å²) in [6.07, 6.45) is 1.54. The largest absolute Gasteiger partial charge is 0.463 e. The third kappa shape index (κ3) is 3.41. The lowest BCUT2D eigenvalue weighted by atomic mass is 10.1. The van der Waals surface area contributed by atoms with Crippen LogP contribution in [0.25, 0.3) is 0 Å². The smallest absolute Gasteiger partial charge is 0.319 e. The van der Waals surface area contributed by atoms with Gasteiger partial charge in [-0.25, -0.2) is 0 Å². The van der Waals surface area contributed by atoms with Crippen molar-refractivity contribution in [2.24, 2.45) is 7.05 Å². The number of imide groups is 1. The number of carbonyl (C=O) groups excluding carboxylic acids is 3. The van der Waals surface area contributed by atoms with Gasteiger partial charge in [-0.3, -0.25) is 19.3 Å². The van der Waals surface area contributed by atoms with Crippen LogP contribution in [0.15, 0.2) is 35.7 Å². The van der Waals surface area contributed by atoms with Crippen molar-refractivity contribution in [3.63, 3.8) is 0 Å². The molecule has 0 saturated carbocycles. The number of nitrogens with zero attached hydrogens (tertiary/aromatic N) is 4. The number of esters is 1. The molecule has 0 spiro atoms. The van der Waals surface area contributed by atoms with Gasteiger partial charge in [0.05, 0.1) is 17.7 Å². The molecular formula is C16H16N4O4S. The Hall–Kier alpha value is -2.68. The standard InChI is InChI=1S/C16H16N4O4S/c1-10(25-16-18-17-9-19(16)2)15(23)24-8-7-20-13(21)11-5-3-4-6-12(11)14(20)22/h3-6,9-10H,7-8H2,1-2H3. The first kappa shape index (κ1) is 17.2. The van der Waals surface area contributed by atoms with Crippen LogP contribution >= 0.6 is 11.8 Å². The Morgan fingerprint density at radius 3 is 2.44 bits per heavy atom. The van der Waals surface area contributed by atoms with Gasteiger partial charge >= 0.3 is 5.97 Å². The van der Waals surface area contributed by atoms with Gasteiger partial charge in [-0.15, -0.1) is 10.2 Å². The highest BCUT2D eigenvalue weighted by Gasteiger charge is 2.35. The zero-order chi connectivity index (χ0) is 18.0. The number of amides is 2. The molecule has 0 saturated heterocycles. The molecule has 8 nitrogen and oxygen atoms in total. The molecule has 0 bridgehead atoms. The molecular weight excluding hydrogens is 344 g/mol. The number of thioether (sulfide) groups is 1. The second-order valence-corrected chi connectivity index (χ2v) is 6.77. The van der Waals surface area contributed by atoms with Gasteiger partial charge in [-0.2, -0.15) is 0 Å². The van der Waals surface area contributed by atoms with E-state index in [0.717, 1.165) is 4.90 Å². The molecule has 0 fully saturated rings. The summed E-state index contributed by atoms with van der Waals surface area (Å²) in [5.41, 5.74) is 0.759. The van der Waals surface area contributed by atoms with Crippen LogP contribution in [0.3, 0.4) is 0 Å². The Kier molecular flexibility index (Phi) is 4.84. The molecule has 0 radical (unpaired) electrons. The van der Waals surface area contributed by atoms with Crippen LogP contribution in [0.2, 0.25) is 0 Å². The SMILES string of the molecule is CC(Sc1nncn1C)C(=O)OCCN1C(=O)c2ccccc2C1=O. The second kappa shape index (κ2) is 7.06. The molecule has 0 aliphatic carbocycles. The van der Waals surface area contributed by atoms with Gasteiger partial charge in [-0.1, -0.05) is 23.9 Å². The summed E-state index contributed by atoms with van der Waals surface area (Å²) in [5.74, 6) is -1.17. The van der Waals surface area contributed by atoms with E-state index in [4.69, 9.17) is 4.74 Å². The monoisotopic (exact) mass is 360 g/mol. The van der Waals surface area contributed by atoms with E-state index in [1.54, 1.807) is 49.1 Å². The Morgan fingerprint density at radius 1 is 1.24 bits per heavy atom. The van der Waals surface area contributed by atoms with Gasteiger partial charge < -0.3 is 9.30 Å². The molecule has 1 aliphatic heterocycles. The predicted octanol–water partition coefficient (Wildman–Crippen LogP) is 1.14. The number of hydrogen-bond acceptors (Lipinski definition) is 7. The van der Waals surface area contributed by atoms with Gasteiger partial charge in [0.2, 0.25) is 0 Å². The fourth-order valence-electron chi connectivity index (χ4n) is 2.38. The first-order valence-corrected chi connectivity index (χ1v) is 8.49. The molecule has 3 rings (SSSR count). The Bertz CT molecular complexity index is 800. The van der Waals surface area contributed by atoms with E-state index in [2.05, 4.69) is 10.2 Å². The fraction of sp³-hybridized carbons (Fsp3) is 0.312. The van der Waals surface area contributed by atoms with Crippen molar-refractivity contribution in [1.29, 1.82) is 0 Å². The molecule has 1 aromatic carbocycles. The van der Waals surface area contributed by atoms with Crippen LogP contribution in [0.5, 0.6) is 0 Å². The van der Waals surface area contributed by atoms with Gasteiger partial charge in [0.25, 0.3) is 11.8 Å². The van der Waals surface area contributed by atoms with Crippen molar-refractivity contribution in [2.45, 2.75) is 17.3 Å². The predicted molar refractivity (Wildman–Crippen MR) is 89.1 cm³/mol. The maximum Gasteiger partial charge on any atom is 0.319 e. The van der Waals surface area contributed by atoms with Gasteiger partial charge in [0, 0.05) is 7.05 Å². The number of aromatic nitrogens is 3. The molecule has 1 unspecified atom stereocenters. The molecule has 25 heavy (non-hydrogen) atoms. The minimum atomic E-state index is -0.481. The lowest BCUT2D eigenvalue weighted by Gasteiger charge is -2.15. The molecule has 2 amide bonds. The number of benzene rings is 1. The normalized spacial score (nSPS) is 14.6. The van der Waals surface area contributed by atoms with Crippen molar-refractivity contribution >= 4 is 29.5 Å². The molecule has 2 heterocycles. The number of ether oxygens (including phenoxy) is 1. The molecule has 9 heteroatoms. The van der Waals surface area contributed by atoms with Crippen LogP contribution in [0, 0.1) is 0 Å². The topological polar surface area (TPSA) is 94.4 Å². The molecule has 0 N–H and O–H groups in total. The summed E-state index contributed by atoms with van der Waals surface area (Å²) in [7, 11) is 1.78. The van der Waals surface area contributed by atoms with Crippen LogP contribution < -0.4 is 0 Å². The van der Waals surface area contributed by atoms with E-state index in [0.29, 0.717) is 16.3 Å². The average Bonchev–Trinajstić information content (AvgIpc) is 3.11. The van der Waals surface area contributed by atoms with Crippen LogP contribution in [-0.2, 0) is 16.6 Å². The van der Waals surface area contributed by atoms with E-state index >= 15 is 0 Å². The Balaban J connectivity index is 1.51. The summed E-state index contributed by atoms with van der Waals surface area (Å²) in [6, 6.07) is 6.64. The van der Waals surface area contributed by atoms with Crippen LogP contribution in [0.4, 0.5) is 0 Å². The number of fused-ring (bicyclic) bond motifs is 1. The summed E-state index contributed by atoms with van der Waals surface area (Å²) in [4.78, 5) is 37.6. The fourth-order valence-corrected chi connectivity index (χ4v) is 3.17. The zero-order valence-corrected chi connectivity index (χ0v) is 14.5. The van der Waals surface area contributed by atoms with Gasteiger partial charge in [-0.05, 0) is 19.1 Å².